The summed E-state index contributed by atoms with van der Waals surface area (Å²) >= 11 is 0. The molecule has 0 aliphatic rings. The van der Waals surface area contributed by atoms with Crippen LogP contribution in [0.4, 0.5) is 0 Å². The molecular weight excluding hydrogens is 234 g/mol. The Morgan fingerprint density at radius 2 is 1.89 bits per heavy atom. The maximum atomic E-state index is 11.4. The van der Waals surface area contributed by atoms with Crippen molar-refractivity contribution >= 4 is 11.9 Å². The van der Waals surface area contributed by atoms with Gasteiger partial charge in [-0.3, -0.25) is 0 Å². The number of rotatable bonds is 7. The molecule has 5 nitrogen and oxygen atoms in total. The van der Waals surface area contributed by atoms with Gasteiger partial charge in [0.1, 0.15) is 13.2 Å². The first kappa shape index (κ1) is 16.4. The average molecular weight is 255 g/mol. The van der Waals surface area contributed by atoms with E-state index in [0.29, 0.717) is 6.54 Å². The zero-order chi connectivity index (χ0) is 14.2. The number of esters is 2. The minimum atomic E-state index is -0.599. The molecule has 0 spiro atoms. The lowest BCUT2D eigenvalue weighted by molar-refractivity contribution is -0.141. The molecule has 0 radical (unpaired) electrons. The molecule has 1 N–H and O–H groups in total. The molecule has 5 heteroatoms. The van der Waals surface area contributed by atoms with Crippen LogP contribution < -0.4 is 5.32 Å². The van der Waals surface area contributed by atoms with Crippen molar-refractivity contribution in [1.82, 2.24) is 5.32 Å². The standard InChI is InChI=1S/C13H21NO4/c1-6-11(15)18-9-10(2)12(16)17-8-7-14-13(3,4)5/h6,14H,1-2,7-9H2,3-5H3. The Hall–Kier alpha value is -1.62. The van der Waals surface area contributed by atoms with Gasteiger partial charge in [-0.1, -0.05) is 13.2 Å². The molecule has 0 aromatic carbocycles. The van der Waals surface area contributed by atoms with E-state index in [-0.39, 0.29) is 24.3 Å². The van der Waals surface area contributed by atoms with E-state index in [4.69, 9.17) is 4.74 Å². The summed E-state index contributed by atoms with van der Waals surface area (Å²) in [4.78, 5) is 22.2. The first-order valence-electron chi connectivity index (χ1n) is 5.65. The lowest BCUT2D eigenvalue weighted by atomic mass is 10.1. The minimum Gasteiger partial charge on any atom is -0.461 e. The Labute approximate surface area is 108 Å². The van der Waals surface area contributed by atoms with E-state index in [0.717, 1.165) is 6.08 Å². The molecule has 0 saturated heterocycles. The number of carbonyl (C=O) groups excluding carboxylic acids is 2. The van der Waals surface area contributed by atoms with E-state index in [2.05, 4.69) is 23.2 Å². The molecule has 0 aromatic heterocycles. The molecule has 102 valence electrons. The Kier molecular flexibility index (Phi) is 6.97. The summed E-state index contributed by atoms with van der Waals surface area (Å²) in [5.41, 5.74) is 0.0732. The summed E-state index contributed by atoms with van der Waals surface area (Å²) < 4.78 is 9.61. The van der Waals surface area contributed by atoms with Crippen molar-refractivity contribution < 1.29 is 19.1 Å². The van der Waals surface area contributed by atoms with Crippen LogP contribution in [0.1, 0.15) is 20.8 Å². The molecule has 0 unspecified atom stereocenters. The third-order valence-corrected chi connectivity index (χ3v) is 1.83. The van der Waals surface area contributed by atoms with Crippen molar-refractivity contribution in [3.63, 3.8) is 0 Å². The summed E-state index contributed by atoms with van der Waals surface area (Å²) in [6.07, 6.45) is 1.02. The number of hydrogen-bond acceptors (Lipinski definition) is 5. The average Bonchev–Trinajstić information content (AvgIpc) is 2.29. The van der Waals surface area contributed by atoms with Crippen LogP contribution in [0, 0.1) is 0 Å². The number of ether oxygens (including phenoxy) is 2. The highest BCUT2D eigenvalue weighted by atomic mass is 16.5. The minimum absolute atomic E-state index is 0.0249. The molecular formula is C13H21NO4. The van der Waals surface area contributed by atoms with Gasteiger partial charge in [0.25, 0.3) is 0 Å². The fourth-order valence-electron chi connectivity index (χ4n) is 0.948. The van der Waals surface area contributed by atoms with Gasteiger partial charge < -0.3 is 14.8 Å². The predicted molar refractivity (Wildman–Crippen MR) is 69.0 cm³/mol. The molecule has 0 amide bonds. The second-order valence-corrected chi connectivity index (χ2v) is 4.73. The topological polar surface area (TPSA) is 64.6 Å². The fraction of sp³-hybridized carbons (Fsp3) is 0.538. The van der Waals surface area contributed by atoms with Crippen molar-refractivity contribution in [2.75, 3.05) is 19.8 Å². The van der Waals surface area contributed by atoms with E-state index < -0.39 is 11.9 Å². The highest BCUT2D eigenvalue weighted by Gasteiger charge is 2.12. The Balaban J connectivity index is 3.79. The lowest BCUT2D eigenvalue weighted by Crippen LogP contribution is -2.38. The monoisotopic (exact) mass is 255 g/mol. The van der Waals surface area contributed by atoms with E-state index in [1.165, 1.54) is 0 Å². The van der Waals surface area contributed by atoms with E-state index in [9.17, 15) is 9.59 Å². The zero-order valence-corrected chi connectivity index (χ0v) is 11.2. The third kappa shape index (κ3) is 8.52. The quantitative estimate of drug-likeness (QED) is 0.421. The number of nitrogens with one attached hydrogen (secondary N) is 1. The van der Waals surface area contributed by atoms with Crippen LogP contribution >= 0.6 is 0 Å². The SMILES string of the molecule is C=CC(=O)OCC(=C)C(=O)OCCNC(C)(C)C. The number of carbonyl (C=O) groups is 2. The Bertz CT molecular complexity index is 328. The molecule has 0 fully saturated rings. The van der Waals surface area contributed by atoms with Crippen LogP contribution in [0.25, 0.3) is 0 Å². The molecule has 0 aromatic rings. The highest BCUT2D eigenvalue weighted by molar-refractivity contribution is 5.89. The van der Waals surface area contributed by atoms with E-state index >= 15 is 0 Å². The molecule has 18 heavy (non-hydrogen) atoms. The van der Waals surface area contributed by atoms with Gasteiger partial charge in [-0.05, 0) is 20.8 Å². The Morgan fingerprint density at radius 1 is 1.28 bits per heavy atom. The smallest absolute Gasteiger partial charge is 0.336 e. The molecule has 0 atom stereocenters. The molecule has 0 rings (SSSR count). The van der Waals surface area contributed by atoms with Gasteiger partial charge >= 0.3 is 11.9 Å². The van der Waals surface area contributed by atoms with Crippen molar-refractivity contribution in [3.05, 3.63) is 24.8 Å². The van der Waals surface area contributed by atoms with Gasteiger partial charge in [0.05, 0.1) is 5.57 Å². The van der Waals surface area contributed by atoms with Crippen LogP contribution in [-0.2, 0) is 19.1 Å². The van der Waals surface area contributed by atoms with Crippen molar-refractivity contribution in [1.29, 1.82) is 0 Å². The molecule has 0 bridgehead atoms. The second-order valence-electron chi connectivity index (χ2n) is 4.73. The normalized spacial score (nSPS) is 10.6. The van der Waals surface area contributed by atoms with Crippen LogP contribution in [0.2, 0.25) is 0 Å². The summed E-state index contributed by atoms with van der Waals surface area (Å²) in [5.74, 6) is -1.17. The summed E-state index contributed by atoms with van der Waals surface area (Å²) in [6, 6.07) is 0. The summed E-state index contributed by atoms with van der Waals surface area (Å²) in [7, 11) is 0. The van der Waals surface area contributed by atoms with Gasteiger partial charge in [-0.2, -0.15) is 0 Å². The fourth-order valence-corrected chi connectivity index (χ4v) is 0.948. The van der Waals surface area contributed by atoms with Crippen molar-refractivity contribution in [3.8, 4) is 0 Å². The van der Waals surface area contributed by atoms with Crippen LogP contribution in [0.15, 0.2) is 24.8 Å². The van der Waals surface area contributed by atoms with Gasteiger partial charge in [-0.15, -0.1) is 0 Å². The Morgan fingerprint density at radius 3 is 2.39 bits per heavy atom. The highest BCUT2D eigenvalue weighted by Crippen LogP contribution is 1.99. The first-order valence-corrected chi connectivity index (χ1v) is 5.65. The second kappa shape index (κ2) is 7.66. The maximum absolute atomic E-state index is 11.4. The predicted octanol–water partition coefficient (Wildman–Crippen LogP) is 1.20. The van der Waals surface area contributed by atoms with E-state index in [1.54, 1.807) is 0 Å². The van der Waals surface area contributed by atoms with Gasteiger partial charge in [0.15, 0.2) is 0 Å². The van der Waals surface area contributed by atoms with Gasteiger partial charge in [-0.25, -0.2) is 9.59 Å². The molecule has 0 aliphatic heterocycles. The van der Waals surface area contributed by atoms with Crippen molar-refractivity contribution in [2.24, 2.45) is 0 Å². The summed E-state index contributed by atoms with van der Waals surface area (Å²) in [6.45, 7) is 13.4. The van der Waals surface area contributed by atoms with Crippen LogP contribution in [0.3, 0.4) is 0 Å². The lowest BCUT2D eigenvalue weighted by Gasteiger charge is -2.20. The maximum Gasteiger partial charge on any atom is 0.336 e. The van der Waals surface area contributed by atoms with Gasteiger partial charge in [0, 0.05) is 18.2 Å². The molecule has 0 heterocycles. The molecule has 0 aliphatic carbocycles. The zero-order valence-electron chi connectivity index (χ0n) is 11.2. The van der Waals surface area contributed by atoms with Crippen LogP contribution in [-0.4, -0.2) is 37.2 Å². The largest absolute Gasteiger partial charge is 0.461 e. The summed E-state index contributed by atoms with van der Waals surface area (Å²) in [5, 5.41) is 3.17. The first-order chi connectivity index (χ1) is 8.26. The van der Waals surface area contributed by atoms with E-state index in [1.807, 2.05) is 20.8 Å². The van der Waals surface area contributed by atoms with Crippen molar-refractivity contribution in [2.45, 2.75) is 26.3 Å². The molecule has 0 saturated carbocycles. The third-order valence-electron chi connectivity index (χ3n) is 1.83. The van der Waals surface area contributed by atoms with Gasteiger partial charge in [0.2, 0.25) is 0 Å². The van der Waals surface area contributed by atoms with Crippen LogP contribution in [0.5, 0.6) is 0 Å². The number of hydrogen-bond donors (Lipinski definition) is 1.